The van der Waals surface area contributed by atoms with Gasteiger partial charge in [-0.2, -0.15) is 0 Å². The molecule has 0 aromatic heterocycles. The highest BCUT2D eigenvalue weighted by molar-refractivity contribution is 6.58. The minimum absolute atomic E-state index is 0.121. The summed E-state index contributed by atoms with van der Waals surface area (Å²) in [6.07, 6.45) is 13.3. The first-order chi connectivity index (χ1) is 53.4. The highest BCUT2D eigenvalue weighted by Gasteiger charge is 2.33. The highest BCUT2D eigenvalue weighted by Crippen LogP contribution is 2.36. The molecule has 26 heteroatoms. The van der Waals surface area contributed by atoms with E-state index in [2.05, 4.69) is 17.0 Å². The van der Waals surface area contributed by atoms with Crippen molar-refractivity contribution >= 4 is 103 Å². The Kier molecular flexibility index (Phi) is 35.4. The van der Waals surface area contributed by atoms with E-state index >= 15 is 0 Å². The van der Waals surface area contributed by atoms with Crippen molar-refractivity contribution in [3.63, 3.8) is 0 Å². The molecule has 0 aliphatic rings. The lowest BCUT2D eigenvalue weighted by Crippen LogP contribution is -2.52. The first kappa shape index (κ1) is 90.4. The number of carboxylic acid groups (broad SMARTS) is 2. The number of methoxy groups -OCH3 is 9. The summed E-state index contributed by atoms with van der Waals surface area (Å²) in [6.45, 7) is 7.74. The van der Waals surface area contributed by atoms with Gasteiger partial charge >= 0.3 is 37.0 Å². The van der Waals surface area contributed by atoms with Crippen LogP contribution < -0.4 is 44.9 Å². The van der Waals surface area contributed by atoms with Crippen molar-refractivity contribution in [2.75, 3.05) is 77.2 Å². The molecule has 0 saturated heterocycles. The van der Waals surface area contributed by atoms with E-state index in [1.165, 1.54) is 102 Å². The molecule has 0 spiro atoms. The molecule has 0 heterocycles. The van der Waals surface area contributed by atoms with Gasteiger partial charge in [-0.3, -0.25) is 24.5 Å². The number of aldehydes is 2. The number of nitrogens with two attached hydrogens (primary N) is 1. The lowest BCUT2D eigenvalue weighted by molar-refractivity contribution is -0.146. The molecule has 0 aliphatic carbocycles. The van der Waals surface area contributed by atoms with Crippen LogP contribution in [0.4, 0.5) is 0 Å². The van der Waals surface area contributed by atoms with Crippen molar-refractivity contribution in [2.24, 2.45) is 5.73 Å². The molecule has 0 aliphatic heterocycles. The minimum atomic E-state index is -1.51. The maximum Gasteiger partial charge on any atom is 0.488 e. The van der Waals surface area contributed by atoms with Gasteiger partial charge in [0.25, 0.3) is 0 Å². The molecule has 0 amide bonds. The van der Waals surface area contributed by atoms with Gasteiger partial charge in [0.15, 0.2) is 12.6 Å². The molecule has 2 atom stereocenters. The first-order valence-electron chi connectivity index (χ1n) is 34.2. The van der Waals surface area contributed by atoms with Gasteiger partial charge in [0, 0.05) is 17.1 Å². The second kappa shape index (κ2) is 43.9. The van der Waals surface area contributed by atoms with Gasteiger partial charge in [-0.15, -0.1) is 0 Å². The van der Waals surface area contributed by atoms with Crippen LogP contribution >= 0.6 is 11.6 Å². The van der Waals surface area contributed by atoms with E-state index in [4.69, 9.17) is 75.5 Å². The van der Waals surface area contributed by atoms with Crippen molar-refractivity contribution < 1.29 is 107 Å². The summed E-state index contributed by atoms with van der Waals surface area (Å²) < 4.78 is 46.3. The summed E-state index contributed by atoms with van der Waals surface area (Å²) in [7, 11) is 11.7. The predicted octanol–water partition coefficient (Wildman–Crippen LogP) is 12.6. The van der Waals surface area contributed by atoms with Crippen LogP contribution in [0.5, 0.6) is 34.5 Å². The number of carbonyl (C=O) groups excluding carboxylic acids is 5. The van der Waals surface area contributed by atoms with E-state index in [1.807, 2.05) is 141 Å². The largest absolute Gasteiger partial charge is 0.496 e. The van der Waals surface area contributed by atoms with Gasteiger partial charge < -0.3 is 78.8 Å². The fourth-order valence-corrected chi connectivity index (χ4v) is 10.7. The number of aliphatic hydroxyl groups is 2. The summed E-state index contributed by atoms with van der Waals surface area (Å²) in [5, 5.41) is 56.5. The first-order valence-corrected chi connectivity index (χ1v) is 34.6. The Balaban J connectivity index is 0.000000271. The number of carbonyl (C=O) groups is 7. The number of hydrogen-bond acceptors (Lipinski definition) is 22. The van der Waals surface area contributed by atoms with Crippen LogP contribution in [0.1, 0.15) is 121 Å². The molecule has 9 N–H and O–H groups in total. The van der Waals surface area contributed by atoms with E-state index in [0.717, 1.165) is 89.9 Å². The van der Waals surface area contributed by atoms with E-state index in [1.54, 1.807) is 48.5 Å². The van der Waals surface area contributed by atoms with Crippen molar-refractivity contribution in [3.05, 3.63) is 252 Å². The topological polar surface area (TPSA) is 362 Å². The Morgan fingerprint density at radius 2 is 0.768 bits per heavy atom. The summed E-state index contributed by atoms with van der Waals surface area (Å²) in [5.41, 5.74) is 18.2. The molecule has 9 aromatic carbocycles. The number of benzene rings is 9. The molecule has 112 heavy (non-hydrogen) atoms. The number of rotatable bonds is 27. The van der Waals surface area contributed by atoms with Crippen LogP contribution in [0.25, 0.3) is 58.7 Å². The molecule has 0 bridgehead atoms. The zero-order valence-electron chi connectivity index (χ0n) is 64.6. The van der Waals surface area contributed by atoms with E-state index in [0.29, 0.717) is 73.3 Å². The van der Waals surface area contributed by atoms with Crippen LogP contribution in [0, 0.1) is 20.8 Å². The SMILES string of the molecule is CC(N)(CO)C(=O)O.COC(=O)c1ccc(-c2cccc(/C=C/c3cc(OC)c(C=O)c(OC)c3)c2C)cc1.COC(=O)c1ccc(-c2cccc(/C=C/c3cc(OC)c(CNC(C)(CO)C(=O)O)c(OC)c3)c2C)cc1.COC(=O)c1ccc(B(O)O)cc1.COc1cc(/C=C/c2cccc(Cl)c2C)cc(OC)c1C=O. The number of nitrogens with one attached hydrogen (secondary N) is 1. The molecule has 9 aromatic rings. The van der Waals surface area contributed by atoms with Crippen LogP contribution in [0.3, 0.4) is 0 Å². The van der Waals surface area contributed by atoms with E-state index in [9.17, 15) is 43.8 Å². The maximum absolute atomic E-state index is 11.7. The number of carboxylic acids is 2. The van der Waals surface area contributed by atoms with Gasteiger partial charge in [0.05, 0.1) is 105 Å². The predicted molar refractivity (Wildman–Crippen MR) is 433 cm³/mol. The molecule has 0 radical (unpaired) electrons. The van der Waals surface area contributed by atoms with Crippen LogP contribution in [-0.2, 0) is 30.3 Å². The Labute approximate surface area is 656 Å². The van der Waals surface area contributed by atoms with Gasteiger partial charge in [0.2, 0.25) is 0 Å². The monoisotopic (exact) mass is 1550 g/mol. The Bertz CT molecular complexity index is 4750. The standard InChI is InChI=1S/C30H33NO7.C26H24O5.C18H17ClO3.C8H9BO4.C4H9NO3/c1-19-21(7-6-8-24(19)22-11-13-23(14-12-22)28(33)38-5)10-9-20-15-26(36-3)25(27(16-20)37-4)17-31-30(2,18-32)29(34)35;1-17-19(9-8-18-14-24(29-2)23(16-27)25(15-18)30-3)6-5-7-22(17)20-10-12-21(13-11-20)26(28)31-4;1-12-14(5-4-6-16(12)19)8-7-13-9-17(21-2)15(11-20)18(10-13)22-3;1-13-8(10)6-2-4-7(5-3-6)9(11)12;1-4(5,2-6)3(7)8/h6-16,31-32H,17-18H2,1-5H3,(H,34,35);5-16H,1-4H3;4-11H,1-3H3;2-5,11-12H,1H3;6H,2,5H2,1H3,(H,7,8)/b10-9+;9-8+;8-7+;;. The Morgan fingerprint density at radius 1 is 0.446 bits per heavy atom. The van der Waals surface area contributed by atoms with Crippen LogP contribution in [0.2, 0.25) is 5.02 Å². The maximum atomic E-state index is 11.7. The average Bonchev–Trinajstić information content (AvgIpc) is 0.821. The lowest BCUT2D eigenvalue weighted by Gasteiger charge is -2.25. The third-order valence-electron chi connectivity index (χ3n) is 17.5. The average molecular weight is 1550 g/mol. The smallest absolute Gasteiger partial charge is 0.488 e. The quantitative estimate of drug-likeness (QED) is 0.00779. The third-order valence-corrected chi connectivity index (χ3v) is 18.0. The van der Waals surface area contributed by atoms with Crippen LogP contribution in [0.15, 0.2) is 164 Å². The number of ether oxygens (including phenoxy) is 9. The summed E-state index contributed by atoms with van der Waals surface area (Å²) in [4.78, 5) is 78.4. The zero-order chi connectivity index (χ0) is 83.0. The number of hydrogen-bond donors (Lipinski definition) is 8. The van der Waals surface area contributed by atoms with E-state index in [-0.39, 0.29) is 18.5 Å². The van der Waals surface area contributed by atoms with Gasteiger partial charge in [-0.1, -0.05) is 133 Å². The molecular formula is C86H92BClN2O22. The number of aliphatic hydroxyl groups excluding tert-OH is 2. The Morgan fingerprint density at radius 3 is 1.04 bits per heavy atom. The molecule has 588 valence electrons. The second-order valence-electron chi connectivity index (χ2n) is 25.0. The number of halogens is 1. The zero-order valence-corrected chi connectivity index (χ0v) is 65.3. The van der Waals surface area contributed by atoms with E-state index < -0.39 is 49.3 Å². The van der Waals surface area contributed by atoms with Crippen molar-refractivity contribution in [1.29, 1.82) is 0 Å². The fourth-order valence-electron chi connectivity index (χ4n) is 10.5. The summed E-state index contributed by atoms with van der Waals surface area (Å²) in [5.74, 6) is -0.581. The van der Waals surface area contributed by atoms with Crippen molar-refractivity contribution in [1.82, 2.24) is 5.32 Å². The molecule has 9 rings (SSSR count). The lowest BCUT2D eigenvalue weighted by atomic mass is 9.80. The van der Waals surface area contributed by atoms with Crippen LogP contribution in [-0.4, -0.2) is 168 Å². The van der Waals surface area contributed by atoms with Crippen molar-refractivity contribution in [2.45, 2.75) is 52.2 Å². The number of aliphatic carboxylic acids is 2. The third kappa shape index (κ3) is 24.7. The minimum Gasteiger partial charge on any atom is -0.496 e. The molecule has 24 nitrogen and oxygen atoms in total. The molecule has 0 fully saturated rings. The Hall–Kier alpha value is -12.2. The number of esters is 3. The molecule has 0 saturated carbocycles. The summed E-state index contributed by atoms with van der Waals surface area (Å²) >= 11 is 6.12. The fraction of sp³-hybridized carbons (Fsp3) is 0.221. The second-order valence-corrected chi connectivity index (χ2v) is 25.4. The van der Waals surface area contributed by atoms with Crippen molar-refractivity contribution in [3.8, 4) is 56.8 Å². The normalized spacial score (nSPS) is 11.7. The molecule has 2 unspecified atom stereocenters. The molecular weight excluding hydrogens is 1460 g/mol. The summed E-state index contributed by atoms with van der Waals surface area (Å²) in [6, 6.07) is 49.2. The van der Waals surface area contributed by atoms with Gasteiger partial charge in [-0.05, 0) is 191 Å². The van der Waals surface area contributed by atoms with Gasteiger partial charge in [-0.25, -0.2) is 14.4 Å². The highest BCUT2D eigenvalue weighted by atomic mass is 35.5. The van der Waals surface area contributed by atoms with Gasteiger partial charge in [0.1, 0.15) is 45.6 Å².